The van der Waals surface area contributed by atoms with E-state index in [0.29, 0.717) is 6.54 Å². The smallest absolute Gasteiger partial charge is 0.395 e. The molecule has 2 aromatic carbocycles. The molecule has 0 aliphatic heterocycles. The number of carbonyl (C=O) groups excluding carboxylic acids is 2. The summed E-state index contributed by atoms with van der Waals surface area (Å²) in [6.07, 6.45) is -3.49. The van der Waals surface area contributed by atoms with Crippen molar-refractivity contribution in [2.24, 2.45) is 11.5 Å². The molecule has 110 valence electrons. The SMILES string of the molecule is NC(=O)OC(NCc1cccc2ccccc12)OC(N)=O. The van der Waals surface area contributed by atoms with Gasteiger partial charge < -0.3 is 20.9 Å². The van der Waals surface area contributed by atoms with Gasteiger partial charge in [-0.05, 0) is 16.3 Å². The van der Waals surface area contributed by atoms with Gasteiger partial charge in [0.25, 0.3) is 0 Å². The molecule has 2 aromatic rings. The minimum absolute atomic E-state index is 0.298. The van der Waals surface area contributed by atoms with Gasteiger partial charge in [-0.2, -0.15) is 0 Å². The summed E-state index contributed by atoms with van der Waals surface area (Å²) < 4.78 is 9.20. The van der Waals surface area contributed by atoms with Gasteiger partial charge in [-0.25, -0.2) is 14.9 Å². The summed E-state index contributed by atoms with van der Waals surface area (Å²) in [7, 11) is 0. The lowest BCUT2D eigenvalue weighted by Crippen LogP contribution is -2.40. The first kappa shape index (κ1) is 14.6. The first-order valence-corrected chi connectivity index (χ1v) is 6.18. The predicted octanol–water partition coefficient (Wildman–Crippen LogP) is 1.40. The van der Waals surface area contributed by atoms with E-state index < -0.39 is 18.6 Å². The van der Waals surface area contributed by atoms with E-state index in [0.717, 1.165) is 16.3 Å². The van der Waals surface area contributed by atoms with Gasteiger partial charge in [-0.1, -0.05) is 42.5 Å². The van der Waals surface area contributed by atoms with Gasteiger partial charge in [0, 0.05) is 6.54 Å². The molecule has 0 aromatic heterocycles. The highest BCUT2D eigenvalue weighted by molar-refractivity contribution is 5.85. The molecular weight excluding hydrogens is 274 g/mol. The zero-order valence-corrected chi connectivity index (χ0v) is 11.1. The largest absolute Gasteiger partial charge is 0.408 e. The van der Waals surface area contributed by atoms with Gasteiger partial charge in [0.1, 0.15) is 0 Å². The number of benzene rings is 2. The van der Waals surface area contributed by atoms with E-state index >= 15 is 0 Å². The van der Waals surface area contributed by atoms with E-state index in [1.807, 2.05) is 42.5 Å². The van der Waals surface area contributed by atoms with Crippen molar-refractivity contribution in [2.45, 2.75) is 13.0 Å². The van der Waals surface area contributed by atoms with Crippen molar-refractivity contribution in [1.29, 1.82) is 0 Å². The summed E-state index contributed by atoms with van der Waals surface area (Å²) in [4.78, 5) is 21.5. The molecule has 0 unspecified atom stereocenters. The molecule has 0 fully saturated rings. The second-order valence-electron chi connectivity index (χ2n) is 4.22. The molecule has 0 aliphatic carbocycles. The summed E-state index contributed by atoms with van der Waals surface area (Å²) in [5, 5.41) is 4.85. The fourth-order valence-electron chi connectivity index (χ4n) is 1.96. The number of rotatable bonds is 5. The average molecular weight is 289 g/mol. The van der Waals surface area contributed by atoms with Crippen LogP contribution in [-0.4, -0.2) is 18.6 Å². The number of carbonyl (C=O) groups is 2. The summed E-state index contributed by atoms with van der Waals surface area (Å²) in [6.45, 7) is 0.298. The van der Waals surface area contributed by atoms with Gasteiger partial charge in [-0.3, -0.25) is 0 Å². The molecule has 0 aliphatic rings. The van der Waals surface area contributed by atoms with Gasteiger partial charge >= 0.3 is 18.6 Å². The van der Waals surface area contributed by atoms with E-state index in [9.17, 15) is 9.59 Å². The minimum atomic E-state index is -1.33. The number of fused-ring (bicyclic) bond motifs is 1. The van der Waals surface area contributed by atoms with Crippen molar-refractivity contribution in [2.75, 3.05) is 0 Å². The van der Waals surface area contributed by atoms with Crippen LogP contribution in [0.3, 0.4) is 0 Å². The Morgan fingerprint density at radius 3 is 2.29 bits per heavy atom. The monoisotopic (exact) mass is 289 g/mol. The quantitative estimate of drug-likeness (QED) is 0.719. The topological polar surface area (TPSA) is 117 Å². The van der Waals surface area contributed by atoms with E-state index in [2.05, 4.69) is 14.8 Å². The Morgan fingerprint density at radius 1 is 1.00 bits per heavy atom. The maximum absolute atomic E-state index is 10.7. The number of amides is 2. The van der Waals surface area contributed by atoms with Crippen LogP contribution in [0.1, 0.15) is 5.56 Å². The Bertz CT molecular complexity index is 638. The number of hydrogen-bond donors (Lipinski definition) is 3. The van der Waals surface area contributed by atoms with Crippen molar-refractivity contribution in [3.05, 3.63) is 48.0 Å². The first-order chi connectivity index (χ1) is 10.1. The number of nitrogens with two attached hydrogens (primary N) is 2. The van der Waals surface area contributed by atoms with Gasteiger partial charge in [0.15, 0.2) is 0 Å². The van der Waals surface area contributed by atoms with Gasteiger partial charge in [0.2, 0.25) is 0 Å². The molecule has 0 atom stereocenters. The lowest BCUT2D eigenvalue weighted by Gasteiger charge is -2.17. The molecule has 21 heavy (non-hydrogen) atoms. The molecule has 0 saturated heterocycles. The summed E-state index contributed by atoms with van der Waals surface area (Å²) in [5.74, 6) is 0. The molecule has 0 spiro atoms. The molecule has 2 amide bonds. The Kier molecular flexibility index (Phi) is 4.57. The van der Waals surface area contributed by atoms with E-state index in [1.165, 1.54) is 0 Å². The Balaban J connectivity index is 2.11. The van der Waals surface area contributed by atoms with Crippen LogP contribution in [0.4, 0.5) is 9.59 Å². The number of hydrogen-bond acceptors (Lipinski definition) is 5. The van der Waals surface area contributed by atoms with Crippen LogP contribution < -0.4 is 16.8 Å². The molecule has 7 heteroatoms. The van der Waals surface area contributed by atoms with Crippen molar-refractivity contribution in [1.82, 2.24) is 5.32 Å². The second-order valence-corrected chi connectivity index (χ2v) is 4.22. The molecule has 0 radical (unpaired) electrons. The van der Waals surface area contributed by atoms with Crippen molar-refractivity contribution < 1.29 is 19.1 Å². The molecule has 2 rings (SSSR count). The minimum Gasteiger partial charge on any atom is -0.395 e. The zero-order valence-electron chi connectivity index (χ0n) is 11.1. The summed E-state index contributed by atoms with van der Waals surface area (Å²) in [6, 6.07) is 13.6. The standard InChI is InChI=1S/C14H15N3O4/c15-12(18)20-14(21-13(16)19)17-8-10-6-3-5-9-4-1-2-7-11(9)10/h1-7,14,17H,8H2,(H2,15,18)(H2,16,19). The number of primary amides is 2. The lowest BCUT2D eigenvalue weighted by atomic mass is 10.0. The highest BCUT2D eigenvalue weighted by Crippen LogP contribution is 2.18. The average Bonchev–Trinajstić information content (AvgIpc) is 2.43. The molecule has 0 saturated carbocycles. The van der Waals surface area contributed by atoms with Crippen LogP contribution in [0, 0.1) is 0 Å². The van der Waals surface area contributed by atoms with Crippen LogP contribution in [0.2, 0.25) is 0 Å². The fraction of sp³-hybridized carbons (Fsp3) is 0.143. The van der Waals surface area contributed by atoms with E-state index in [-0.39, 0.29) is 0 Å². The van der Waals surface area contributed by atoms with E-state index in [4.69, 9.17) is 11.5 Å². The molecule has 7 nitrogen and oxygen atoms in total. The second kappa shape index (κ2) is 6.58. The Morgan fingerprint density at radius 2 is 1.62 bits per heavy atom. The highest BCUT2D eigenvalue weighted by Gasteiger charge is 2.15. The third-order valence-corrected chi connectivity index (χ3v) is 2.79. The van der Waals surface area contributed by atoms with Crippen LogP contribution in [-0.2, 0) is 16.0 Å². The normalized spacial score (nSPS) is 10.5. The first-order valence-electron chi connectivity index (χ1n) is 6.18. The zero-order chi connectivity index (χ0) is 15.2. The van der Waals surface area contributed by atoms with Crippen molar-refractivity contribution in [3.8, 4) is 0 Å². The van der Waals surface area contributed by atoms with Crippen molar-refractivity contribution >= 4 is 23.0 Å². The van der Waals surface area contributed by atoms with Crippen LogP contribution >= 0.6 is 0 Å². The summed E-state index contributed by atoms with van der Waals surface area (Å²) in [5.41, 5.74) is 10.7. The van der Waals surface area contributed by atoms with Gasteiger partial charge in [-0.15, -0.1) is 0 Å². The number of ether oxygens (including phenoxy) is 2. The maximum Gasteiger partial charge on any atom is 0.408 e. The molecule has 0 bridgehead atoms. The molecule has 5 N–H and O–H groups in total. The highest BCUT2D eigenvalue weighted by atomic mass is 16.7. The Hall–Kier alpha value is -2.80. The van der Waals surface area contributed by atoms with Crippen molar-refractivity contribution in [3.63, 3.8) is 0 Å². The van der Waals surface area contributed by atoms with Crippen LogP contribution in [0.25, 0.3) is 10.8 Å². The van der Waals surface area contributed by atoms with Crippen LogP contribution in [0.5, 0.6) is 0 Å². The molecule has 0 heterocycles. The van der Waals surface area contributed by atoms with Crippen LogP contribution in [0.15, 0.2) is 42.5 Å². The fourth-order valence-corrected chi connectivity index (χ4v) is 1.96. The lowest BCUT2D eigenvalue weighted by molar-refractivity contribution is -0.0775. The Labute approximate surface area is 120 Å². The van der Waals surface area contributed by atoms with Gasteiger partial charge in [0.05, 0.1) is 0 Å². The predicted molar refractivity (Wildman–Crippen MR) is 75.9 cm³/mol. The third kappa shape index (κ3) is 4.08. The maximum atomic E-state index is 10.7. The molecular formula is C14H15N3O4. The number of nitrogens with one attached hydrogen (secondary N) is 1. The van der Waals surface area contributed by atoms with E-state index in [1.54, 1.807) is 0 Å². The summed E-state index contributed by atoms with van der Waals surface area (Å²) >= 11 is 0. The third-order valence-electron chi connectivity index (χ3n) is 2.79.